The van der Waals surface area contributed by atoms with Crippen LogP contribution in [0.2, 0.25) is 0 Å². The molecule has 2 aromatic rings. The first kappa shape index (κ1) is 14.1. The van der Waals surface area contributed by atoms with E-state index in [0.29, 0.717) is 6.04 Å². The lowest BCUT2D eigenvalue weighted by Gasteiger charge is -2.17. The number of rotatable bonds is 5. The fraction of sp³-hybridized carbons (Fsp3) is 0.529. The lowest BCUT2D eigenvalue weighted by atomic mass is 10.1. The van der Waals surface area contributed by atoms with Crippen LogP contribution in [-0.2, 0) is 19.3 Å². The van der Waals surface area contributed by atoms with E-state index in [1.807, 2.05) is 12.1 Å². The molecule has 0 fully saturated rings. The summed E-state index contributed by atoms with van der Waals surface area (Å²) in [5.74, 6) is 2.08. The number of aromatic nitrogens is 2. The zero-order chi connectivity index (χ0) is 14.5. The Morgan fingerprint density at radius 2 is 2.14 bits per heavy atom. The smallest absolute Gasteiger partial charge is 0.133 e. The summed E-state index contributed by atoms with van der Waals surface area (Å²) in [5, 5.41) is 3.57. The van der Waals surface area contributed by atoms with Gasteiger partial charge in [-0.05, 0) is 51.2 Å². The molecule has 2 heterocycles. The summed E-state index contributed by atoms with van der Waals surface area (Å²) in [7, 11) is 0. The van der Waals surface area contributed by atoms with Crippen LogP contribution in [-0.4, -0.2) is 16.0 Å². The molecule has 3 rings (SSSR count). The number of nitrogens with zero attached hydrogens (tertiary/aromatic N) is 2. The minimum atomic E-state index is 0.373. The Hall–Kier alpha value is -1.84. The molecule has 0 radical (unpaired) electrons. The summed E-state index contributed by atoms with van der Waals surface area (Å²) in [6.07, 6.45) is 11.4. The zero-order valence-electron chi connectivity index (χ0n) is 12.6. The van der Waals surface area contributed by atoms with E-state index in [0.717, 1.165) is 37.3 Å². The number of fused-ring (bicyclic) bond motifs is 1. The Balaban J connectivity index is 1.64. The van der Waals surface area contributed by atoms with Crippen molar-refractivity contribution < 1.29 is 4.42 Å². The van der Waals surface area contributed by atoms with Gasteiger partial charge >= 0.3 is 0 Å². The average Bonchev–Trinajstić information content (AvgIpc) is 2.89. The van der Waals surface area contributed by atoms with Crippen LogP contribution in [0.5, 0.6) is 0 Å². The normalized spacial score (nSPS) is 16.0. The number of anilines is 1. The number of hydrogen-bond acceptors (Lipinski definition) is 4. The first-order valence-electron chi connectivity index (χ1n) is 7.94. The van der Waals surface area contributed by atoms with Crippen molar-refractivity contribution in [2.75, 3.05) is 5.32 Å². The standard InChI is InChI=1S/C17H23N3O/c1-13(9-10-14-6-5-11-21-14)20-17-15-7-3-2-4-8-16(15)18-12-19-17/h5-6,11-13H,2-4,7-10H2,1H3,(H,18,19,20). The second-order valence-electron chi connectivity index (χ2n) is 5.87. The molecule has 0 saturated heterocycles. The van der Waals surface area contributed by atoms with Gasteiger partial charge < -0.3 is 9.73 Å². The van der Waals surface area contributed by atoms with Crippen LogP contribution in [0.3, 0.4) is 0 Å². The predicted octanol–water partition coefficient (Wildman–Crippen LogP) is 3.77. The van der Waals surface area contributed by atoms with Crippen molar-refractivity contribution in [3.63, 3.8) is 0 Å². The molecule has 1 N–H and O–H groups in total. The highest BCUT2D eigenvalue weighted by Crippen LogP contribution is 2.24. The van der Waals surface area contributed by atoms with Gasteiger partial charge in [-0.3, -0.25) is 0 Å². The van der Waals surface area contributed by atoms with Crippen LogP contribution in [0.15, 0.2) is 29.1 Å². The first-order chi connectivity index (χ1) is 10.3. The minimum Gasteiger partial charge on any atom is -0.469 e. The molecule has 1 unspecified atom stereocenters. The number of furan rings is 1. The van der Waals surface area contributed by atoms with Crippen molar-refractivity contribution in [1.29, 1.82) is 0 Å². The van der Waals surface area contributed by atoms with Gasteiger partial charge in [0.05, 0.1) is 6.26 Å². The van der Waals surface area contributed by atoms with Gasteiger partial charge in [-0.2, -0.15) is 0 Å². The molecule has 4 nitrogen and oxygen atoms in total. The SMILES string of the molecule is CC(CCc1ccco1)Nc1ncnc2c1CCCCC2. The molecular weight excluding hydrogens is 262 g/mol. The number of aryl methyl sites for hydroxylation is 2. The quantitative estimate of drug-likeness (QED) is 0.850. The molecule has 1 aliphatic rings. The summed E-state index contributed by atoms with van der Waals surface area (Å²) in [4.78, 5) is 8.94. The van der Waals surface area contributed by atoms with Crippen molar-refractivity contribution >= 4 is 5.82 Å². The monoisotopic (exact) mass is 285 g/mol. The molecule has 0 aromatic carbocycles. The van der Waals surface area contributed by atoms with E-state index < -0.39 is 0 Å². The largest absolute Gasteiger partial charge is 0.469 e. The van der Waals surface area contributed by atoms with Gasteiger partial charge in [0.1, 0.15) is 17.9 Å². The zero-order valence-corrected chi connectivity index (χ0v) is 12.6. The van der Waals surface area contributed by atoms with Crippen molar-refractivity contribution in [3.05, 3.63) is 41.7 Å². The highest BCUT2D eigenvalue weighted by Gasteiger charge is 2.15. The van der Waals surface area contributed by atoms with Crippen LogP contribution < -0.4 is 5.32 Å². The van der Waals surface area contributed by atoms with E-state index in [2.05, 4.69) is 22.2 Å². The fourth-order valence-corrected chi connectivity index (χ4v) is 2.94. The van der Waals surface area contributed by atoms with Gasteiger partial charge in [0.25, 0.3) is 0 Å². The molecule has 21 heavy (non-hydrogen) atoms. The molecule has 112 valence electrons. The molecule has 0 bridgehead atoms. The fourth-order valence-electron chi connectivity index (χ4n) is 2.94. The molecule has 1 aliphatic carbocycles. The van der Waals surface area contributed by atoms with E-state index in [1.54, 1.807) is 12.6 Å². The third-order valence-electron chi connectivity index (χ3n) is 4.16. The molecule has 0 aliphatic heterocycles. The van der Waals surface area contributed by atoms with Crippen molar-refractivity contribution in [1.82, 2.24) is 9.97 Å². The minimum absolute atomic E-state index is 0.373. The lowest BCUT2D eigenvalue weighted by Crippen LogP contribution is -2.19. The molecule has 1 atom stereocenters. The van der Waals surface area contributed by atoms with Crippen molar-refractivity contribution in [3.8, 4) is 0 Å². The van der Waals surface area contributed by atoms with Gasteiger partial charge in [0.15, 0.2) is 0 Å². The van der Waals surface area contributed by atoms with Crippen LogP contribution in [0, 0.1) is 0 Å². The van der Waals surface area contributed by atoms with E-state index in [4.69, 9.17) is 4.42 Å². The van der Waals surface area contributed by atoms with Gasteiger partial charge in [0, 0.05) is 23.7 Å². The maximum atomic E-state index is 5.39. The predicted molar refractivity (Wildman–Crippen MR) is 83.4 cm³/mol. The topological polar surface area (TPSA) is 51.0 Å². The summed E-state index contributed by atoms with van der Waals surface area (Å²) in [6, 6.07) is 4.35. The van der Waals surface area contributed by atoms with Crippen LogP contribution in [0.25, 0.3) is 0 Å². The Labute approximate surface area is 126 Å². The first-order valence-corrected chi connectivity index (χ1v) is 7.94. The Morgan fingerprint density at radius 1 is 1.24 bits per heavy atom. The second kappa shape index (κ2) is 6.74. The van der Waals surface area contributed by atoms with E-state index in [-0.39, 0.29) is 0 Å². The molecule has 0 saturated carbocycles. The molecule has 0 amide bonds. The summed E-state index contributed by atoms with van der Waals surface area (Å²) < 4.78 is 5.39. The van der Waals surface area contributed by atoms with E-state index >= 15 is 0 Å². The van der Waals surface area contributed by atoms with Crippen LogP contribution in [0.4, 0.5) is 5.82 Å². The third kappa shape index (κ3) is 3.63. The van der Waals surface area contributed by atoms with E-state index in [9.17, 15) is 0 Å². The Bertz CT molecular complexity index is 565. The van der Waals surface area contributed by atoms with Gasteiger partial charge in [-0.25, -0.2) is 9.97 Å². The third-order valence-corrected chi connectivity index (χ3v) is 4.16. The summed E-state index contributed by atoms with van der Waals surface area (Å²) in [6.45, 7) is 2.20. The van der Waals surface area contributed by atoms with Gasteiger partial charge in [-0.1, -0.05) is 6.42 Å². The van der Waals surface area contributed by atoms with E-state index in [1.165, 1.54) is 30.5 Å². The Morgan fingerprint density at radius 3 is 3.00 bits per heavy atom. The maximum absolute atomic E-state index is 5.39. The highest BCUT2D eigenvalue weighted by molar-refractivity contribution is 5.47. The molecular formula is C17H23N3O. The van der Waals surface area contributed by atoms with Crippen LogP contribution in [0.1, 0.15) is 49.6 Å². The highest BCUT2D eigenvalue weighted by atomic mass is 16.3. The van der Waals surface area contributed by atoms with Gasteiger partial charge in [0.2, 0.25) is 0 Å². The van der Waals surface area contributed by atoms with Crippen molar-refractivity contribution in [2.45, 2.75) is 57.9 Å². The Kier molecular flexibility index (Phi) is 4.53. The van der Waals surface area contributed by atoms with Crippen LogP contribution >= 0.6 is 0 Å². The molecule has 4 heteroatoms. The van der Waals surface area contributed by atoms with Crippen molar-refractivity contribution in [2.24, 2.45) is 0 Å². The lowest BCUT2D eigenvalue weighted by molar-refractivity contribution is 0.494. The van der Waals surface area contributed by atoms with Gasteiger partial charge in [-0.15, -0.1) is 0 Å². The number of hydrogen-bond donors (Lipinski definition) is 1. The second-order valence-corrected chi connectivity index (χ2v) is 5.87. The summed E-state index contributed by atoms with van der Waals surface area (Å²) in [5.41, 5.74) is 2.57. The molecule has 0 spiro atoms. The average molecular weight is 285 g/mol. The molecule has 2 aromatic heterocycles. The maximum Gasteiger partial charge on any atom is 0.133 e. The summed E-state index contributed by atoms with van der Waals surface area (Å²) >= 11 is 0. The number of nitrogens with one attached hydrogen (secondary N) is 1.